The number of amides is 2. The minimum Gasteiger partial charge on any atom is -0.416 e. The predicted molar refractivity (Wildman–Crippen MR) is 127 cm³/mol. The molecule has 0 fully saturated rings. The Kier molecular flexibility index (Phi) is 6.31. The quantitative estimate of drug-likeness (QED) is 0.432. The zero-order chi connectivity index (χ0) is 23.4. The van der Waals surface area contributed by atoms with Crippen molar-refractivity contribution in [3.63, 3.8) is 0 Å². The number of benzene rings is 3. The summed E-state index contributed by atoms with van der Waals surface area (Å²) >= 11 is 0. The van der Waals surface area contributed by atoms with Crippen molar-refractivity contribution in [2.75, 3.05) is 5.32 Å². The molecule has 2 amide bonds. The minimum atomic E-state index is -0.237. The molecule has 7 nitrogen and oxygen atoms in total. The van der Waals surface area contributed by atoms with E-state index in [-0.39, 0.29) is 17.9 Å². The van der Waals surface area contributed by atoms with Crippen molar-refractivity contribution in [3.8, 4) is 22.9 Å². The van der Waals surface area contributed by atoms with Gasteiger partial charge in [0.25, 0.3) is 5.91 Å². The van der Waals surface area contributed by atoms with Gasteiger partial charge in [0.1, 0.15) is 0 Å². The summed E-state index contributed by atoms with van der Waals surface area (Å²) in [6.45, 7) is 5.36. The molecule has 0 aliphatic carbocycles. The van der Waals surface area contributed by atoms with Crippen molar-refractivity contribution >= 4 is 17.5 Å². The van der Waals surface area contributed by atoms with E-state index >= 15 is 0 Å². The van der Waals surface area contributed by atoms with Crippen LogP contribution < -0.4 is 10.6 Å². The lowest BCUT2D eigenvalue weighted by Gasteiger charge is -2.15. The Morgan fingerprint density at radius 3 is 2.27 bits per heavy atom. The second-order valence-electron chi connectivity index (χ2n) is 7.86. The molecule has 0 saturated carbocycles. The van der Waals surface area contributed by atoms with Crippen LogP contribution in [0.15, 0.2) is 77.2 Å². The van der Waals surface area contributed by atoms with Gasteiger partial charge in [-0.3, -0.25) is 9.59 Å². The van der Waals surface area contributed by atoms with Crippen LogP contribution in [0.2, 0.25) is 0 Å². The molecule has 1 aromatic heterocycles. The maximum atomic E-state index is 12.7. The summed E-state index contributed by atoms with van der Waals surface area (Å²) in [4.78, 5) is 24.0. The standard InChI is InChI=1S/C26H24N4O3/c1-16-6-4-8-22(14-16)26-30-29-25(33-26)20-12-10-19(11-13-20)24(32)27-17(2)21-7-5-9-23(15-21)28-18(3)31/h4-15,17H,1-3H3,(H,27,32)(H,28,31). The number of carbonyl (C=O) groups is 2. The number of hydrogen-bond acceptors (Lipinski definition) is 5. The van der Waals surface area contributed by atoms with Crippen LogP contribution in [0.3, 0.4) is 0 Å². The van der Waals surface area contributed by atoms with E-state index in [0.29, 0.717) is 23.0 Å². The third-order valence-corrected chi connectivity index (χ3v) is 5.14. The smallest absolute Gasteiger partial charge is 0.251 e. The van der Waals surface area contributed by atoms with Gasteiger partial charge < -0.3 is 15.1 Å². The number of nitrogens with one attached hydrogen (secondary N) is 2. The maximum absolute atomic E-state index is 12.7. The molecule has 4 rings (SSSR count). The van der Waals surface area contributed by atoms with Crippen molar-refractivity contribution < 1.29 is 14.0 Å². The molecule has 3 aromatic carbocycles. The topological polar surface area (TPSA) is 97.1 Å². The molecule has 0 bridgehead atoms. The summed E-state index contributed by atoms with van der Waals surface area (Å²) in [5, 5.41) is 14.0. The first-order valence-electron chi connectivity index (χ1n) is 10.6. The van der Waals surface area contributed by atoms with Crippen LogP contribution in [0.25, 0.3) is 22.9 Å². The van der Waals surface area contributed by atoms with Crippen LogP contribution >= 0.6 is 0 Å². The van der Waals surface area contributed by atoms with Gasteiger partial charge in [-0.1, -0.05) is 29.8 Å². The molecule has 2 N–H and O–H groups in total. The lowest BCUT2D eigenvalue weighted by molar-refractivity contribution is -0.114. The molecule has 4 aromatic rings. The van der Waals surface area contributed by atoms with Gasteiger partial charge in [0.2, 0.25) is 17.7 Å². The minimum absolute atomic E-state index is 0.142. The second kappa shape index (κ2) is 9.48. The molecular formula is C26H24N4O3. The molecule has 166 valence electrons. The maximum Gasteiger partial charge on any atom is 0.251 e. The first kappa shape index (κ1) is 22.0. The van der Waals surface area contributed by atoms with Crippen molar-refractivity contribution in [1.29, 1.82) is 0 Å². The molecule has 1 atom stereocenters. The summed E-state index contributed by atoms with van der Waals surface area (Å²) in [5.41, 5.74) is 4.80. The van der Waals surface area contributed by atoms with E-state index in [4.69, 9.17) is 4.42 Å². The molecular weight excluding hydrogens is 416 g/mol. The average Bonchev–Trinajstić information content (AvgIpc) is 3.29. The van der Waals surface area contributed by atoms with Gasteiger partial charge in [0.05, 0.1) is 6.04 Å². The van der Waals surface area contributed by atoms with E-state index in [9.17, 15) is 9.59 Å². The lowest BCUT2D eigenvalue weighted by atomic mass is 10.1. The number of rotatable bonds is 6. The Labute approximate surface area is 191 Å². The number of aryl methyl sites for hydroxylation is 1. The van der Waals surface area contributed by atoms with Crippen LogP contribution in [0.5, 0.6) is 0 Å². The van der Waals surface area contributed by atoms with E-state index in [0.717, 1.165) is 22.3 Å². The molecule has 0 aliphatic heterocycles. The average molecular weight is 441 g/mol. The third-order valence-electron chi connectivity index (χ3n) is 5.14. The first-order valence-corrected chi connectivity index (χ1v) is 10.6. The highest BCUT2D eigenvalue weighted by molar-refractivity contribution is 5.95. The van der Waals surface area contributed by atoms with Gasteiger partial charge >= 0.3 is 0 Å². The Hall–Kier alpha value is -4.26. The van der Waals surface area contributed by atoms with Gasteiger partial charge in [-0.2, -0.15) is 0 Å². The summed E-state index contributed by atoms with van der Waals surface area (Å²) in [6.07, 6.45) is 0. The number of anilines is 1. The summed E-state index contributed by atoms with van der Waals surface area (Å²) in [7, 11) is 0. The molecule has 0 radical (unpaired) electrons. The molecule has 7 heteroatoms. The molecule has 1 heterocycles. The predicted octanol–water partition coefficient (Wildman–Crippen LogP) is 5.16. The summed E-state index contributed by atoms with van der Waals surface area (Å²) < 4.78 is 5.82. The highest BCUT2D eigenvalue weighted by Gasteiger charge is 2.14. The molecule has 0 aliphatic rings. The molecule has 0 spiro atoms. The van der Waals surface area contributed by atoms with Crippen molar-refractivity contribution in [3.05, 3.63) is 89.5 Å². The van der Waals surface area contributed by atoms with Crippen LogP contribution in [-0.2, 0) is 4.79 Å². The van der Waals surface area contributed by atoms with Crippen molar-refractivity contribution in [1.82, 2.24) is 15.5 Å². The number of nitrogens with zero attached hydrogens (tertiary/aromatic N) is 2. The lowest BCUT2D eigenvalue weighted by Crippen LogP contribution is -2.26. The Balaban J connectivity index is 1.44. The van der Waals surface area contributed by atoms with Crippen LogP contribution in [-0.4, -0.2) is 22.0 Å². The molecule has 1 unspecified atom stereocenters. The fourth-order valence-electron chi connectivity index (χ4n) is 3.45. The monoisotopic (exact) mass is 440 g/mol. The number of hydrogen-bond donors (Lipinski definition) is 2. The number of aromatic nitrogens is 2. The van der Waals surface area contributed by atoms with E-state index in [1.54, 1.807) is 30.3 Å². The van der Waals surface area contributed by atoms with Crippen molar-refractivity contribution in [2.24, 2.45) is 0 Å². The van der Waals surface area contributed by atoms with Crippen molar-refractivity contribution in [2.45, 2.75) is 26.8 Å². The molecule has 33 heavy (non-hydrogen) atoms. The zero-order valence-electron chi connectivity index (χ0n) is 18.6. The normalized spacial score (nSPS) is 11.6. The fraction of sp³-hybridized carbons (Fsp3) is 0.154. The zero-order valence-corrected chi connectivity index (χ0v) is 18.6. The Morgan fingerprint density at radius 1 is 0.879 bits per heavy atom. The van der Waals surface area contributed by atoms with Crippen LogP contribution in [0.4, 0.5) is 5.69 Å². The highest BCUT2D eigenvalue weighted by atomic mass is 16.4. The summed E-state index contributed by atoms with van der Waals surface area (Å²) in [6, 6.07) is 22.0. The second-order valence-corrected chi connectivity index (χ2v) is 7.86. The SMILES string of the molecule is CC(=O)Nc1cccc(C(C)NC(=O)c2ccc(-c3nnc(-c4cccc(C)c4)o3)cc2)c1. The highest BCUT2D eigenvalue weighted by Crippen LogP contribution is 2.25. The van der Waals surface area contributed by atoms with Gasteiger partial charge in [-0.15, -0.1) is 10.2 Å². The summed E-state index contributed by atoms with van der Waals surface area (Å²) in [5.74, 6) is 0.494. The van der Waals surface area contributed by atoms with Gasteiger partial charge in [-0.05, 0) is 67.9 Å². The Bertz CT molecular complexity index is 1290. The van der Waals surface area contributed by atoms with Gasteiger partial charge in [0.15, 0.2) is 0 Å². The largest absolute Gasteiger partial charge is 0.416 e. The van der Waals surface area contributed by atoms with Crippen LogP contribution in [0.1, 0.15) is 41.4 Å². The van der Waals surface area contributed by atoms with E-state index < -0.39 is 0 Å². The van der Waals surface area contributed by atoms with E-state index in [2.05, 4.69) is 20.8 Å². The fourth-order valence-corrected chi connectivity index (χ4v) is 3.45. The van der Waals surface area contributed by atoms with E-state index in [1.165, 1.54) is 6.92 Å². The van der Waals surface area contributed by atoms with Gasteiger partial charge in [-0.25, -0.2) is 0 Å². The third kappa shape index (κ3) is 5.33. The number of carbonyl (C=O) groups excluding carboxylic acids is 2. The first-order chi connectivity index (χ1) is 15.9. The van der Waals surface area contributed by atoms with E-state index in [1.807, 2.05) is 56.3 Å². The molecule has 0 saturated heterocycles. The Morgan fingerprint density at radius 2 is 1.58 bits per heavy atom. The van der Waals surface area contributed by atoms with Gasteiger partial charge in [0, 0.05) is 29.3 Å². The van der Waals surface area contributed by atoms with Crippen LogP contribution in [0, 0.1) is 6.92 Å².